The fourth-order valence-corrected chi connectivity index (χ4v) is 5.51. The zero-order valence-electron chi connectivity index (χ0n) is 13.0. The van der Waals surface area contributed by atoms with E-state index in [4.69, 9.17) is 4.74 Å². The number of thiophene rings is 1. The Bertz CT molecular complexity index is 579. The summed E-state index contributed by atoms with van der Waals surface area (Å²) in [4.78, 5) is 1.29. The van der Waals surface area contributed by atoms with E-state index in [-0.39, 0.29) is 0 Å². The molecule has 0 atom stereocenters. The molecule has 0 amide bonds. The van der Waals surface area contributed by atoms with E-state index < -0.39 is 15.6 Å². The summed E-state index contributed by atoms with van der Waals surface area (Å²) in [5.41, 5.74) is -0.512. The van der Waals surface area contributed by atoms with Crippen LogP contribution < -0.4 is 5.32 Å². The first-order valence-electron chi connectivity index (χ1n) is 7.15. The predicted octanol–water partition coefficient (Wildman–Crippen LogP) is 2.05. The number of hydrogen-bond donors (Lipinski definition) is 1. The van der Waals surface area contributed by atoms with Crippen molar-refractivity contribution in [3.05, 3.63) is 16.3 Å². The SMILES string of the molecule is CC(C)NCc1sccc1S(=O)(=O)N1CCOCC1(C)C. The molecule has 1 saturated heterocycles. The lowest BCUT2D eigenvalue weighted by molar-refractivity contribution is -0.00771. The minimum Gasteiger partial charge on any atom is -0.378 e. The number of ether oxygens (including phenoxy) is 1. The molecule has 1 aliphatic rings. The highest BCUT2D eigenvalue weighted by Crippen LogP contribution is 2.31. The molecule has 1 N–H and O–H groups in total. The van der Waals surface area contributed by atoms with Crippen LogP contribution in [0.1, 0.15) is 32.6 Å². The summed E-state index contributed by atoms with van der Waals surface area (Å²) in [6.07, 6.45) is 0. The fourth-order valence-electron chi connectivity index (χ4n) is 2.39. The minimum atomic E-state index is -3.48. The third-order valence-corrected chi connectivity index (χ3v) is 6.76. The zero-order chi connectivity index (χ0) is 15.7. The number of hydrogen-bond acceptors (Lipinski definition) is 5. The van der Waals surface area contributed by atoms with E-state index in [0.29, 0.717) is 37.2 Å². The molecule has 1 aromatic heterocycles. The van der Waals surface area contributed by atoms with Gasteiger partial charge in [0, 0.05) is 24.0 Å². The van der Waals surface area contributed by atoms with Crippen LogP contribution in [0.25, 0.3) is 0 Å². The van der Waals surface area contributed by atoms with Gasteiger partial charge in [0.15, 0.2) is 0 Å². The van der Waals surface area contributed by atoms with Crippen LogP contribution >= 0.6 is 11.3 Å². The summed E-state index contributed by atoms with van der Waals surface area (Å²) in [5, 5.41) is 5.13. The van der Waals surface area contributed by atoms with Gasteiger partial charge in [0.2, 0.25) is 10.0 Å². The maximum absolute atomic E-state index is 13.0. The van der Waals surface area contributed by atoms with Gasteiger partial charge >= 0.3 is 0 Å². The van der Waals surface area contributed by atoms with Crippen molar-refractivity contribution in [1.29, 1.82) is 0 Å². The van der Waals surface area contributed by atoms with Gasteiger partial charge in [0.05, 0.1) is 23.6 Å². The van der Waals surface area contributed by atoms with Gasteiger partial charge in [0.1, 0.15) is 0 Å². The second-order valence-corrected chi connectivity index (χ2v) is 9.02. The molecule has 1 aliphatic heterocycles. The molecule has 0 aliphatic carbocycles. The van der Waals surface area contributed by atoms with Crippen LogP contribution in [0.2, 0.25) is 0 Å². The van der Waals surface area contributed by atoms with E-state index in [1.807, 2.05) is 33.1 Å². The summed E-state index contributed by atoms with van der Waals surface area (Å²) in [6, 6.07) is 2.03. The first-order chi connectivity index (χ1) is 9.75. The Kier molecular flexibility index (Phi) is 5.10. The van der Waals surface area contributed by atoms with Crippen LogP contribution in [0.5, 0.6) is 0 Å². The van der Waals surface area contributed by atoms with Crippen molar-refractivity contribution in [2.24, 2.45) is 0 Å². The highest BCUT2D eigenvalue weighted by atomic mass is 32.2. The van der Waals surface area contributed by atoms with Gasteiger partial charge in [-0.3, -0.25) is 0 Å². The van der Waals surface area contributed by atoms with Crippen molar-refractivity contribution < 1.29 is 13.2 Å². The summed E-state index contributed by atoms with van der Waals surface area (Å²) < 4.78 is 33.0. The van der Waals surface area contributed by atoms with Crippen molar-refractivity contribution in [3.63, 3.8) is 0 Å². The van der Waals surface area contributed by atoms with Gasteiger partial charge in [-0.05, 0) is 25.3 Å². The lowest BCUT2D eigenvalue weighted by atomic mass is 10.1. The van der Waals surface area contributed by atoms with Crippen molar-refractivity contribution >= 4 is 21.4 Å². The number of sulfonamides is 1. The smallest absolute Gasteiger partial charge is 0.244 e. The molecule has 5 nitrogen and oxygen atoms in total. The van der Waals surface area contributed by atoms with E-state index >= 15 is 0 Å². The van der Waals surface area contributed by atoms with Crippen molar-refractivity contribution in [1.82, 2.24) is 9.62 Å². The Labute approximate surface area is 131 Å². The van der Waals surface area contributed by atoms with Gasteiger partial charge in [0.25, 0.3) is 0 Å². The molecule has 21 heavy (non-hydrogen) atoms. The molecule has 2 heterocycles. The summed E-state index contributed by atoms with van der Waals surface area (Å²) >= 11 is 1.48. The molecule has 1 fully saturated rings. The normalized spacial score (nSPS) is 20.0. The second kappa shape index (κ2) is 6.34. The average molecular weight is 332 g/mol. The van der Waals surface area contributed by atoms with E-state index in [1.165, 1.54) is 11.3 Å². The first kappa shape index (κ1) is 16.9. The molecule has 1 aromatic rings. The Morgan fingerprint density at radius 3 is 2.81 bits per heavy atom. The van der Waals surface area contributed by atoms with Crippen LogP contribution in [-0.4, -0.2) is 44.1 Å². The Morgan fingerprint density at radius 1 is 1.48 bits per heavy atom. The number of morpholine rings is 1. The average Bonchev–Trinajstić information content (AvgIpc) is 2.84. The highest BCUT2D eigenvalue weighted by Gasteiger charge is 2.40. The maximum Gasteiger partial charge on any atom is 0.244 e. The fraction of sp³-hybridized carbons (Fsp3) is 0.714. The van der Waals surface area contributed by atoms with E-state index in [9.17, 15) is 8.42 Å². The summed E-state index contributed by atoms with van der Waals surface area (Å²) in [5.74, 6) is 0. The molecular weight excluding hydrogens is 308 g/mol. The number of nitrogens with zero attached hydrogens (tertiary/aromatic N) is 1. The molecule has 0 radical (unpaired) electrons. The monoisotopic (exact) mass is 332 g/mol. The van der Waals surface area contributed by atoms with Crippen LogP contribution in [0.3, 0.4) is 0 Å². The Morgan fingerprint density at radius 2 is 2.19 bits per heavy atom. The summed E-state index contributed by atoms with van der Waals surface area (Å²) in [7, 11) is -3.48. The Hall–Kier alpha value is -0.470. The molecule has 0 bridgehead atoms. The van der Waals surface area contributed by atoms with Crippen molar-refractivity contribution in [3.8, 4) is 0 Å². The largest absolute Gasteiger partial charge is 0.378 e. The van der Waals surface area contributed by atoms with Gasteiger partial charge in [-0.25, -0.2) is 8.42 Å². The van der Waals surface area contributed by atoms with Crippen LogP contribution in [0, 0.1) is 0 Å². The van der Waals surface area contributed by atoms with Gasteiger partial charge in [-0.2, -0.15) is 4.31 Å². The van der Waals surface area contributed by atoms with Crippen molar-refractivity contribution in [2.45, 2.75) is 50.7 Å². The zero-order valence-corrected chi connectivity index (χ0v) is 14.7. The van der Waals surface area contributed by atoms with Crippen LogP contribution in [0.15, 0.2) is 16.3 Å². The van der Waals surface area contributed by atoms with E-state index in [0.717, 1.165) is 4.88 Å². The topological polar surface area (TPSA) is 58.6 Å². The third-order valence-electron chi connectivity index (χ3n) is 3.51. The molecule has 0 aromatic carbocycles. The molecule has 2 rings (SSSR count). The van der Waals surface area contributed by atoms with Crippen LogP contribution in [-0.2, 0) is 21.3 Å². The van der Waals surface area contributed by atoms with Crippen molar-refractivity contribution in [2.75, 3.05) is 19.8 Å². The third kappa shape index (κ3) is 3.65. The van der Waals surface area contributed by atoms with Gasteiger partial charge in [-0.15, -0.1) is 11.3 Å². The van der Waals surface area contributed by atoms with E-state index in [2.05, 4.69) is 5.32 Å². The second-order valence-electron chi connectivity index (χ2n) is 6.19. The standard InChI is InChI=1S/C14H24N2O3S2/c1-11(2)15-9-12-13(5-8-20-12)21(17,18)16-6-7-19-10-14(16,3)4/h5,8,11,15H,6-7,9-10H2,1-4H3. The summed E-state index contributed by atoms with van der Waals surface area (Å²) in [6.45, 7) is 9.77. The molecule has 0 saturated carbocycles. The molecule has 0 unspecified atom stereocenters. The number of nitrogens with one attached hydrogen (secondary N) is 1. The molecule has 120 valence electrons. The number of rotatable bonds is 5. The lowest BCUT2D eigenvalue weighted by Gasteiger charge is -2.40. The first-order valence-corrected chi connectivity index (χ1v) is 9.47. The Balaban J connectivity index is 2.29. The molecule has 0 spiro atoms. The molecule has 7 heteroatoms. The predicted molar refractivity (Wildman–Crippen MR) is 85.1 cm³/mol. The lowest BCUT2D eigenvalue weighted by Crippen LogP contribution is -2.55. The quantitative estimate of drug-likeness (QED) is 0.896. The minimum absolute atomic E-state index is 0.322. The maximum atomic E-state index is 13.0. The van der Waals surface area contributed by atoms with Gasteiger partial charge in [-0.1, -0.05) is 13.8 Å². The molecular formula is C14H24N2O3S2. The van der Waals surface area contributed by atoms with E-state index in [1.54, 1.807) is 10.4 Å². The van der Waals surface area contributed by atoms with Crippen LogP contribution in [0.4, 0.5) is 0 Å². The highest BCUT2D eigenvalue weighted by molar-refractivity contribution is 7.89. The van der Waals surface area contributed by atoms with Gasteiger partial charge < -0.3 is 10.1 Å².